The van der Waals surface area contributed by atoms with Gasteiger partial charge in [0.1, 0.15) is 0 Å². The molecule has 0 spiro atoms. The van der Waals surface area contributed by atoms with E-state index in [0.717, 1.165) is 32.5 Å². The van der Waals surface area contributed by atoms with Crippen LogP contribution in [0.1, 0.15) is 17.5 Å². The molecule has 0 aromatic heterocycles. The highest BCUT2D eigenvalue weighted by atomic mass is 16.2. The Kier molecular flexibility index (Phi) is 5.35. The van der Waals surface area contributed by atoms with E-state index in [1.165, 1.54) is 11.1 Å². The smallest absolute Gasteiger partial charge is 0.318 e. The van der Waals surface area contributed by atoms with Gasteiger partial charge in [0, 0.05) is 26.2 Å². The van der Waals surface area contributed by atoms with Crippen LogP contribution in [-0.2, 0) is 17.8 Å². The summed E-state index contributed by atoms with van der Waals surface area (Å²) in [5.41, 5.74) is 2.50. The van der Waals surface area contributed by atoms with Gasteiger partial charge in [-0.15, -0.1) is 0 Å². The lowest BCUT2D eigenvalue weighted by atomic mass is 10.0. The van der Waals surface area contributed by atoms with E-state index in [1.54, 1.807) is 4.90 Å². The SMILES string of the molecule is CNCC1CCN(C(=O)CNC(=O)N2CCc3ccccc3C2)C1. The van der Waals surface area contributed by atoms with Gasteiger partial charge in [-0.25, -0.2) is 4.79 Å². The molecule has 2 heterocycles. The molecule has 3 amide bonds. The zero-order chi connectivity index (χ0) is 16.9. The molecule has 130 valence electrons. The summed E-state index contributed by atoms with van der Waals surface area (Å²) in [4.78, 5) is 28.2. The quantitative estimate of drug-likeness (QED) is 0.859. The van der Waals surface area contributed by atoms with Gasteiger partial charge in [0.25, 0.3) is 0 Å². The van der Waals surface area contributed by atoms with Gasteiger partial charge in [-0.2, -0.15) is 0 Å². The number of carbonyl (C=O) groups excluding carboxylic acids is 2. The number of carbonyl (C=O) groups is 2. The van der Waals surface area contributed by atoms with E-state index in [4.69, 9.17) is 0 Å². The molecule has 1 unspecified atom stereocenters. The lowest BCUT2D eigenvalue weighted by molar-refractivity contribution is -0.129. The molecular weight excluding hydrogens is 304 g/mol. The average Bonchev–Trinajstić information content (AvgIpc) is 3.08. The van der Waals surface area contributed by atoms with Crippen LogP contribution in [0.2, 0.25) is 0 Å². The van der Waals surface area contributed by atoms with Gasteiger partial charge in [-0.1, -0.05) is 24.3 Å². The summed E-state index contributed by atoms with van der Waals surface area (Å²) in [6.45, 7) is 3.91. The van der Waals surface area contributed by atoms with Crippen molar-refractivity contribution < 1.29 is 9.59 Å². The Labute approximate surface area is 143 Å². The van der Waals surface area contributed by atoms with E-state index in [9.17, 15) is 9.59 Å². The number of urea groups is 1. The summed E-state index contributed by atoms with van der Waals surface area (Å²) in [5, 5.41) is 5.94. The molecular formula is C18H26N4O2. The number of fused-ring (bicyclic) bond motifs is 1. The Hall–Kier alpha value is -2.08. The van der Waals surface area contributed by atoms with Gasteiger partial charge in [-0.05, 0) is 43.5 Å². The molecule has 2 aliphatic heterocycles. The van der Waals surface area contributed by atoms with Gasteiger partial charge in [0.2, 0.25) is 5.91 Å². The molecule has 2 aliphatic rings. The van der Waals surface area contributed by atoms with E-state index in [-0.39, 0.29) is 18.5 Å². The lowest BCUT2D eigenvalue weighted by Crippen LogP contribution is -2.46. The first kappa shape index (κ1) is 16.8. The molecule has 0 radical (unpaired) electrons. The second-order valence-electron chi connectivity index (χ2n) is 6.65. The topological polar surface area (TPSA) is 64.7 Å². The summed E-state index contributed by atoms with van der Waals surface area (Å²) in [7, 11) is 1.93. The van der Waals surface area contributed by atoms with Crippen LogP contribution in [0, 0.1) is 5.92 Å². The van der Waals surface area contributed by atoms with Crippen molar-refractivity contribution in [3.63, 3.8) is 0 Å². The van der Waals surface area contributed by atoms with Gasteiger partial charge in [-0.3, -0.25) is 4.79 Å². The van der Waals surface area contributed by atoms with Gasteiger partial charge >= 0.3 is 6.03 Å². The molecule has 2 N–H and O–H groups in total. The number of benzene rings is 1. The van der Waals surface area contributed by atoms with Crippen LogP contribution in [-0.4, -0.2) is 61.5 Å². The Bertz CT molecular complexity index is 604. The number of likely N-dealkylation sites (tertiary alicyclic amines) is 1. The molecule has 1 aromatic rings. The molecule has 1 aromatic carbocycles. The summed E-state index contributed by atoms with van der Waals surface area (Å²) in [6.07, 6.45) is 1.90. The predicted molar refractivity (Wildman–Crippen MR) is 92.6 cm³/mol. The Morgan fingerprint density at radius 3 is 2.75 bits per heavy atom. The maximum atomic E-state index is 12.3. The number of hydrogen-bond donors (Lipinski definition) is 2. The van der Waals surface area contributed by atoms with Crippen LogP contribution < -0.4 is 10.6 Å². The number of nitrogens with zero attached hydrogens (tertiary/aromatic N) is 2. The first-order valence-corrected chi connectivity index (χ1v) is 8.69. The fraction of sp³-hybridized carbons (Fsp3) is 0.556. The van der Waals surface area contributed by atoms with E-state index >= 15 is 0 Å². The van der Waals surface area contributed by atoms with Crippen molar-refractivity contribution in [2.24, 2.45) is 5.92 Å². The standard InChI is InChI=1S/C18H26N4O2/c1-19-10-14-6-8-21(12-14)17(23)11-20-18(24)22-9-7-15-4-2-3-5-16(15)13-22/h2-5,14,19H,6-13H2,1H3,(H,20,24). The molecule has 1 atom stereocenters. The van der Waals surface area contributed by atoms with Crippen molar-refractivity contribution in [1.82, 2.24) is 20.4 Å². The minimum Gasteiger partial charge on any atom is -0.341 e. The minimum absolute atomic E-state index is 0.0133. The third-order valence-electron chi connectivity index (χ3n) is 4.94. The molecule has 0 saturated carbocycles. The second kappa shape index (κ2) is 7.66. The fourth-order valence-electron chi connectivity index (χ4n) is 3.56. The van der Waals surface area contributed by atoms with E-state index in [0.29, 0.717) is 19.0 Å². The zero-order valence-corrected chi connectivity index (χ0v) is 14.3. The monoisotopic (exact) mass is 330 g/mol. The Morgan fingerprint density at radius 2 is 1.96 bits per heavy atom. The summed E-state index contributed by atoms with van der Waals surface area (Å²) in [6, 6.07) is 8.06. The van der Waals surface area contributed by atoms with E-state index < -0.39 is 0 Å². The maximum absolute atomic E-state index is 12.3. The molecule has 1 fully saturated rings. The van der Waals surface area contributed by atoms with Crippen LogP contribution in [0.3, 0.4) is 0 Å². The Morgan fingerprint density at radius 1 is 1.17 bits per heavy atom. The van der Waals surface area contributed by atoms with Crippen LogP contribution in [0.25, 0.3) is 0 Å². The maximum Gasteiger partial charge on any atom is 0.318 e. The molecule has 0 aliphatic carbocycles. The van der Waals surface area contributed by atoms with E-state index in [2.05, 4.69) is 22.8 Å². The highest BCUT2D eigenvalue weighted by Crippen LogP contribution is 2.18. The number of rotatable bonds is 4. The largest absolute Gasteiger partial charge is 0.341 e. The van der Waals surface area contributed by atoms with Gasteiger partial charge in [0.15, 0.2) is 0 Å². The first-order valence-electron chi connectivity index (χ1n) is 8.69. The molecule has 0 bridgehead atoms. The Balaban J connectivity index is 1.45. The van der Waals surface area contributed by atoms with Crippen molar-refractivity contribution in [1.29, 1.82) is 0 Å². The second-order valence-corrected chi connectivity index (χ2v) is 6.65. The van der Waals surface area contributed by atoms with Crippen molar-refractivity contribution in [2.75, 3.05) is 39.8 Å². The molecule has 24 heavy (non-hydrogen) atoms. The van der Waals surface area contributed by atoms with Crippen molar-refractivity contribution in [3.8, 4) is 0 Å². The third kappa shape index (κ3) is 3.87. The predicted octanol–water partition coefficient (Wildman–Crippen LogP) is 0.822. The van der Waals surface area contributed by atoms with Crippen LogP contribution in [0.4, 0.5) is 4.79 Å². The number of amides is 3. The molecule has 3 rings (SSSR count). The third-order valence-corrected chi connectivity index (χ3v) is 4.94. The van der Waals surface area contributed by atoms with Crippen LogP contribution >= 0.6 is 0 Å². The fourth-order valence-corrected chi connectivity index (χ4v) is 3.56. The van der Waals surface area contributed by atoms with Crippen molar-refractivity contribution in [2.45, 2.75) is 19.4 Å². The van der Waals surface area contributed by atoms with Crippen LogP contribution in [0.5, 0.6) is 0 Å². The average molecular weight is 330 g/mol. The van der Waals surface area contributed by atoms with Crippen molar-refractivity contribution >= 4 is 11.9 Å². The first-order chi connectivity index (χ1) is 11.7. The van der Waals surface area contributed by atoms with Gasteiger partial charge in [0.05, 0.1) is 6.54 Å². The highest BCUT2D eigenvalue weighted by molar-refractivity contribution is 5.84. The lowest BCUT2D eigenvalue weighted by Gasteiger charge is -2.29. The summed E-state index contributed by atoms with van der Waals surface area (Å²) < 4.78 is 0. The van der Waals surface area contributed by atoms with E-state index in [1.807, 2.05) is 24.1 Å². The highest BCUT2D eigenvalue weighted by Gasteiger charge is 2.26. The summed E-state index contributed by atoms with van der Waals surface area (Å²) in [5.74, 6) is 0.535. The van der Waals surface area contributed by atoms with Gasteiger partial charge < -0.3 is 20.4 Å². The molecule has 1 saturated heterocycles. The van der Waals surface area contributed by atoms with Crippen molar-refractivity contribution in [3.05, 3.63) is 35.4 Å². The van der Waals surface area contributed by atoms with Crippen LogP contribution in [0.15, 0.2) is 24.3 Å². The molecule has 6 nitrogen and oxygen atoms in total. The normalized spacial score (nSPS) is 20.0. The summed E-state index contributed by atoms with van der Waals surface area (Å²) >= 11 is 0. The minimum atomic E-state index is -0.149. The number of hydrogen-bond acceptors (Lipinski definition) is 3. The molecule has 6 heteroatoms. The number of nitrogens with one attached hydrogen (secondary N) is 2. The zero-order valence-electron chi connectivity index (χ0n) is 14.3.